The van der Waals surface area contributed by atoms with E-state index in [1.165, 1.54) is 0 Å². The van der Waals surface area contributed by atoms with Gasteiger partial charge in [-0.3, -0.25) is 8.98 Å². The molecule has 4 saturated carbocycles. The van der Waals surface area contributed by atoms with Gasteiger partial charge in [0.25, 0.3) is 0 Å². The Morgan fingerprint density at radius 1 is 1.19 bits per heavy atom. The van der Waals surface area contributed by atoms with Gasteiger partial charge in [-0.05, 0) is 42.6 Å². The summed E-state index contributed by atoms with van der Waals surface area (Å²) in [6.45, 7) is 7.45. The number of ketones is 1. The SMILES string of the molecule is C=C1C(=O)C23C(CCC1[C@H]2O)C12CO[C@@]3(O)[C@@H](O)C1C(C)(C)CC[C@@H]2OS(=O)(=O)[O-].[Na+]. The van der Waals surface area contributed by atoms with Gasteiger partial charge in [-0.1, -0.05) is 20.4 Å². The molecule has 0 aromatic heterocycles. The van der Waals surface area contributed by atoms with Gasteiger partial charge in [-0.15, -0.1) is 0 Å². The average Bonchev–Trinajstić information content (AvgIpc) is 2.74. The first-order valence-corrected chi connectivity index (χ1v) is 11.7. The van der Waals surface area contributed by atoms with E-state index in [1.807, 2.05) is 13.8 Å². The molecule has 0 radical (unpaired) electrons. The number of aliphatic hydroxyl groups excluding tert-OH is 2. The number of aliphatic hydroxyl groups is 3. The molecule has 4 bridgehead atoms. The van der Waals surface area contributed by atoms with Crippen LogP contribution in [0, 0.1) is 34.0 Å². The van der Waals surface area contributed by atoms with Crippen molar-refractivity contribution in [3.05, 3.63) is 12.2 Å². The second-order valence-corrected chi connectivity index (χ2v) is 11.5. The first kappa shape index (κ1) is 24.3. The molecule has 0 amide bonds. The minimum atomic E-state index is -5.08. The molecule has 9 nitrogen and oxygen atoms in total. The predicted octanol–water partition coefficient (Wildman–Crippen LogP) is -3.14. The molecule has 11 heteroatoms. The van der Waals surface area contributed by atoms with Crippen molar-refractivity contribution >= 4 is 16.2 Å². The van der Waals surface area contributed by atoms with E-state index in [2.05, 4.69) is 6.58 Å². The van der Waals surface area contributed by atoms with E-state index in [4.69, 9.17) is 8.92 Å². The van der Waals surface area contributed by atoms with Crippen molar-refractivity contribution in [2.24, 2.45) is 34.0 Å². The summed E-state index contributed by atoms with van der Waals surface area (Å²) in [5.41, 5.74) is -3.50. The van der Waals surface area contributed by atoms with Crippen LogP contribution in [0.1, 0.15) is 39.5 Å². The molecule has 9 atom stereocenters. The van der Waals surface area contributed by atoms with Gasteiger partial charge in [0.15, 0.2) is 5.78 Å². The standard InChI is InChI=1S/C20H28O9S.Na/c1-9-10-4-5-11-18-8-28-20(24,19(11,14(9)21)15(10)22)16(23)13(18)17(2,3)7-6-12(18)29-30(25,26)27;/h10-13,15-16,22-24H,1,4-8H2,2-3H3,(H,25,26,27);/q;+1/p-1/t10?,11?,12-,13?,15+,16-,18?,19?,20-;/m0./s1. The van der Waals surface area contributed by atoms with Crippen LogP contribution in [0.4, 0.5) is 0 Å². The maximum absolute atomic E-state index is 13.5. The predicted molar refractivity (Wildman–Crippen MR) is 99.2 cm³/mol. The molecular formula is C20H27NaO9S. The fourth-order valence-corrected chi connectivity index (χ4v) is 8.71. The maximum atomic E-state index is 13.5. The van der Waals surface area contributed by atoms with Crippen LogP contribution >= 0.6 is 0 Å². The summed E-state index contributed by atoms with van der Waals surface area (Å²) in [6.07, 6.45) is -2.58. The van der Waals surface area contributed by atoms with Gasteiger partial charge in [0.1, 0.15) is 11.5 Å². The van der Waals surface area contributed by atoms with Gasteiger partial charge in [0.05, 0.1) is 18.8 Å². The van der Waals surface area contributed by atoms with Crippen LogP contribution in [0.5, 0.6) is 0 Å². The summed E-state index contributed by atoms with van der Waals surface area (Å²) in [6, 6.07) is 0. The molecule has 3 N–H and O–H groups in total. The molecule has 2 heterocycles. The zero-order valence-corrected chi connectivity index (χ0v) is 20.7. The topological polar surface area (TPSA) is 153 Å². The second-order valence-electron chi connectivity index (χ2n) is 10.4. The summed E-state index contributed by atoms with van der Waals surface area (Å²) < 4.78 is 45.5. The van der Waals surface area contributed by atoms with Crippen molar-refractivity contribution in [3.8, 4) is 0 Å². The van der Waals surface area contributed by atoms with E-state index in [0.717, 1.165) is 0 Å². The van der Waals surface area contributed by atoms with Crippen LogP contribution in [0.15, 0.2) is 12.2 Å². The molecule has 0 aromatic carbocycles. The number of fused-ring (bicyclic) bond motifs is 2. The summed E-state index contributed by atoms with van der Waals surface area (Å²) in [4.78, 5) is 13.5. The molecule has 31 heavy (non-hydrogen) atoms. The van der Waals surface area contributed by atoms with E-state index in [1.54, 1.807) is 0 Å². The molecule has 2 saturated heterocycles. The molecule has 2 aliphatic heterocycles. The first-order valence-electron chi connectivity index (χ1n) is 10.4. The van der Waals surface area contributed by atoms with Crippen LogP contribution in [0.25, 0.3) is 0 Å². The van der Waals surface area contributed by atoms with E-state index < -0.39 is 74.3 Å². The fourth-order valence-electron chi connectivity index (χ4n) is 8.15. The molecule has 6 aliphatic rings. The van der Waals surface area contributed by atoms with Crippen molar-refractivity contribution in [1.29, 1.82) is 0 Å². The molecule has 2 spiro atoms. The number of Topliss-reactive ketones (excluding diaryl/α,β-unsaturated/α-hetero) is 1. The van der Waals surface area contributed by atoms with Gasteiger partial charge in [0.2, 0.25) is 16.2 Å². The van der Waals surface area contributed by atoms with Crippen LogP contribution in [-0.4, -0.2) is 64.8 Å². The number of carbonyl (C=O) groups is 1. The first-order chi connectivity index (χ1) is 13.7. The molecule has 4 aliphatic carbocycles. The van der Waals surface area contributed by atoms with Crippen molar-refractivity contribution in [2.45, 2.75) is 63.6 Å². The summed E-state index contributed by atoms with van der Waals surface area (Å²) >= 11 is 0. The van der Waals surface area contributed by atoms with Gasteiger partial charge < -0.3 is 24.6 Å². The van der Waals surface area contributed by atoms with Gasteiger partial charge in [-0.25, -0.2) is 8.42 Å². The summed E-state index contributed by atoms with van der Waals surface area (Å²) in [7, 11) is -5.08. The quantitative estimate of drug-likeness (QED) is 0.166. The third-order valence-corrected chi connectivity index (χ3v) is 9.55. The Morgan fingerprint density at radius 2 is 1.84 bits per heavy atom. The van der Waals surface area contributed by atoms with E-state index >= 15 is 0 Å². The number of rotatable bonds is 2. The van der Waals surface area contributed by atoms with E-state index in [9.17, 15) is 33.1 Å². The Labute approximate surface area is 203 Å². The third kappa shape index (κ3) is 2.58. The monoisotopic (exact) mass is 466 g/mol. The van der Waals surface area contributed by atoms with Crippen LogP contribution in [0.3, 0.4) is 0 Å². The fraction of sp³-hybridized carbons (Fsp3) is 0.850. The van der Waals surface area contributed by atoms with Crippen molar-refractivity contribution in [2.75, 3.05) is 6.61 Å². The van der Waals surface area contributed by atoms with Crippen molar-refractivity contribution in [1.82, 2.24) is 0 Å². The van der Waals surface area contributed by atoms with Gasteiger partial charge >= 0.3 is 29.6 Å². The normalized spacial score (nSPS) is 52.3. The molecule has 6 fully saturated rings. The van der Waals surface area contributed by atoms with Gasteiger partial charge in [-0.2, -0.15) is 0 Å². The Kier molecular flexibility index (Phi) is 5.35. The van der Waals surface area contributed by atoms with Gasteiger partial charge in [0, 0.05) is 17.3 Å². The molecule has 168 valence electrons. The zero-order chi connectivity index (χ0) is 22.1. The largest absolute Gasteiger partial charge is 1.00 e. The van der Waals surface area contributed by atoms with Crippen LogP contribution in [-0.2, 0) is 24.1 Å². The average molecular weight is 466 g/mol. The Balaban J connectivity index is 0.00000231. The number of hydrogen-bond donors (Lipinski definition) is 3. The third-order valence-electron chi connectivity index (χ3n) is 9.08. The molecule has 0 aromatic rings. The van der Waals surface area contributed by atoms with Crippen molar-refractivity contribution < 1.29 is 71.6 Å². The number of hydrogen-bond acceptors (Lipinski definition) is 9. The van der Waals surface area contributed by atoms with Crippen LogP contribution in [0.2, 0.25) is 0 Å². The Hall–Kier alpha value is 0.120. The van der Waals surface area contributed by atoms with Crippen molar-refractivity contribution in [3.63, 3.8) is 0 Å². The zero-order valence-electron chi connectivity index (χ0n) is 17.9. The smallest absolute Gasteiger partial charge is 0.726 e. The minimum absolute atomic E-state index is 0. The maximum Gasteiger partial charge on any atom is 1.00 e. The van der Waals surface area contributed by atoms with E-state index in [-0.39, 0.29) is 48.2 Å². The molecule has 6 rings (SSSR count). The van der Waals surface area contributed by atoms with E-state index in [0.29, 0.717) is 19.3 Å². The van der Waals surface area contributed by atoms with Crippen LogP contribution < -0.4 is 29.6 Å². The molecular weight excluding hydrogens is 439 g/mol. The number of ether oxygens (including phenoxy) is 1. The minimum Gasteiger partial charge on any atom is -0.726 e. The number of carbonyl (C=O) groups excluding carboxylic acids is 1. The summed E-state index contributed by atoms with van der Waals surface area (Å²) in [5, 5.41) is 34.3. The Morgan fingerprint density at radius 3 is 2.45 bits per heavy atom. The summed E-state index contributed by atoms with van der Waals surface area (Å²) in [5.74, 6) is -4.91. The second kappa shape index (κ2) is 6.84. The Bertz CT molecular complexity index is 950. The molecule has 5 unspecified atom stereocenters.